The van der Waals surface area contributed by atoms with Crippen LogP contribution in [0.15, 0.2) is 11.4 Å². The second kappa shape index (κ2) is 4.28. The second-order valence-electron chi connectivity index (χ2n) is 3.57. The lowest BCUT2D eigenvalue weighted by molar-refractivity contribution is 0.300. The number of aryl methyl sites for hydroxylation is 1. The third-order valence-electron chi connectivity index (χ3n) is 2.41. The zero-order chi connectivity index (χ0) is 9.97. The predicted octanol–water partition coefficient (Wildman–Crippen LogP) is 1.44. The molecule has 0 saturated heterocycles. The number of aliphatic hydroxyl groups excluding tert-OH is 1. The summed E-state index contributed by atoms with van der Waals surface area (Å²) in [6.07, 6.45) is 5.00. The average Bonchev–Trinajstić information content (AvgIpc) is 2.66. The summed E-state index contributed by atoms with van der Waals surface area (Å²) in [4.78, 5) is 8.55. The minimum absolute atomic E-state index is 0.198. The van der Waals surface area contributed by atoms with E-state index in [1.54, 1.807) is 18.1 Å². The Kier molecular flexibility index (Phi) is 3.03. The molecular formula is C10H14N2OS. The summed E-state index contributed by atoms with van der Waals surface area (Å²) in [7, 11) is 0. The molecule has 4 heteroatoms. The fourth-order valence-electron chi connectivity index (χ4n) is 1.66. The maximum Gasteiger partial charge on any atom is 0.116 e. The summed E-state index contributed by atoms with van der Waals surface area (Å²) in [5.74, 6) is 0. The van der Waals surface area contributed by atoms with Crippen LogP contribution in [0.3, 0.4) is 0 Å². The standard InChI is InChI=1S/C10H14N2OS/c1-7(5-13)14-10-8-3-2-4-9(8)11-6-12-10/h6-7,13H,2-5H2,1H3. The first-order valence-electron chi connectivity index (χ1n) is 4.91. The molecule has 1 aliphatic carbocycles. The Labute approximate surface area is 88.0 Å². The van der Waals surface area contributed by atoms with Gasteiger partial charge in [-0.1, -0.05) is 6.92 Å². The quantitative estimate of drug-likeness (QED) is 0.605. The first-order valence-corrected chi connectivity index (χ1v) is 5.79. The monoisotopic (exact) mass is 210 g/mol. The molecule has 0 radical (unpaired) electrons. The molecule has 0 aliphatic heterocycles. The molecule has 76 valence electrons. The van der Waals surface area contributed by atoms with Crippen molar-refractivity contribution in [1.29, 1.82) is 0 Å². The molecule has 0 spiro atoms. The zero-order valence-corrected chi connectivity index (χ0v) is 9.05. The van der Waals surface area contributed by atoms with Crippen LogP contribution in [0, 0.1) is 0 Å². The Bertz CT molecular complexity index is 330. The lowest BCUT2D eigenvalue weighted by atomic mass is 10.3. The molecule has 1 atom stereocenters. The van der Waals surface area contributed by atoms with Crippen molar-refractivity contribution in [2.24, 2.45) is 0 Å². The van der Waals surface area contributed by atoms with Gasteiger partial charge in [0.15, 0.2) is 0 Å². The van der Waals surface area contributed by atoms with Crippen LogP contribution in [0.1, 0.15) is 24.6 Å². The SMILES string of the molecule is CC(CO)Sc1ncnc2c1CCC2. The van der Waals surface area contributed by atoms with Gasteiger partial charge in [0.25, 0.3) is 0 Å². The molecule has 2 rings (SSSR count). The van der Waals surface area contributed by atoms with Gasteiger partial charge in [0, 0.05) is 16.5 Å². The van der Waals surface area contributed by atoms with E-state index in [0.29, 0.717) is 0 Å². The highest BCUT2D eigenvalue weighted by Crippen LogP contribution is 2.30. The van der Waals surface area contributed by atoms with Crippen LogP contribution >= 0.6 is 11.8 Å². The summed E-state index contributed by atoms with van der Waals surface area (Å²) < 4.78 is 0. The highest BCUT2D eigenvalue weighted by Gasteiger charge is 2.18. The Hall–Kier alpha value is -0.610. The minimum Gasteiger partial charge on any atom is -0.395 e. The van der Waals surface area contributed by atoms with Crippen LogP contribution < -0.4 is 0 Å². The fourth-order valence-corrected chi connectivity index (χ4v) is 2.58. The van der Waals surface area contributed by atoms with Gasteiger partial charge in [0.1, 0.15) is 11.4 Å². The number of aliphatic hydroxyl groups is 1. The van der Waals surface area contributed by atoms with Gasteiger partial charge in [0.05, 0.1) is 6.61 Å². The van der Waals surface area contributed by atoms with Gasteiger partial charge in [0.2, 0.25) is 0 Å². The second-order valence-corrected chi connectivity index (χ2v) is 5.00. The molecule has 1 N–H and O–H groups in total. The van der Waals surface area contributed by atoms with Crippen molar-refractivity contribution in [3.63, 3.8) is 0 Å². The Morgan fingerprint density at radius 2 is 2.36 bits per heavy atom. The molecule has 14 heavy (non-hydrogen) atoms. The van der Waals surface area contributed by atoms with Crippen LogP contribution in [0.25, 0.3) is 0 Å². The van der Waals surface area contributed by atoms with Crippen molar-refractivity contribution in [3.8, 4) is 0 Å². The highest BCUT2D eigenvalue weighted by atomic mass is 32.2. The molecule has 0 amide bonds. The molecule has 1 unspecified atom stereocenters. The summed E-state index contributed by atoms with van der Waals surface area (Å²) in [6.45, 7) is 2.21. The Morgan fingerprint density at radius 1 is 1.50 bits per heavy atom. The van der Waals surface area contributed by atoms with E-state index < -0.39 is 0 Å². The van der Waals surface area contributed by atoms with Gasteiger partial charge in [-0.15, -0.1) is 11.8 Å². The van der Waals surface area contributed by atoms with E-state index in [2.05, 4.69) is 9.97 Å². The molecule has 0 aromatic carbocycles. The van der Waals surface area contributed by atoms with Gasteiger partial charge in [-0.25, -0.2) is 9.97 Å². The molecule has 0 bridgehead atoms. The van der Waals surface area contributed by atoms with Crippen molar-refractivity contribution in [3.05, 3.63) is 17.6 Å². The number of hydrogen-bond donors (Lipinski definition) is 1. The van der Waals surface area contributed by atoms with Gasteiger partial charge in [-0.05, 0) is 19.3 Å². The van der Waals surface area contributed by atoms with E-state index in [0.717, 1.165) is 17.9 Å². The molecule has 3 nitrogen and oxygen atoms in total. The van der Waals surface area contributed by atoms with E-state index in [1.807, 2.05) is 6.92 Å². The molecule has 1 aromatic rings. The van der Waals surface area contributed by atoms with Gasteiger partial charge >= 0.3 is 0 Å². The third-order valence-corrected chi connectivity index (χ3v) is 3.53. The number of hydrogen-bond acceptors (Lipinski definition) is 4. The number of nitrogens with zero attached hydrogens (tertiary/aromatic N) is 2. The predicted molar refractivity (Wildman–Crippen MR) is 56.5 cm³/mol. The molecule has 1 heterocycles. The first-order chi connectivity index (χ1) is 6.81. The van der Waals surface area contributed by atoms with Crippen molar-refractivity contribution < 1.29 is 5.11 Å². The van der Waals surface area contributed by atoms with E-state index in [-0.39, 0.29) is 11.9 Å². The number of fused-ring (bicyclic) bond motifs is 1. The van der Waals surface area contributed by atoms with E-state index >= 15 is 0 Å². The van der Waals surface area contributed by atoms with Crippen LogP contribution in [0.4, 0.5) is 0 Å². The van der Waals surface area contributed by atoms with Crippen molar-refractivity contribution in [2.45, 2.75) is 36.5 Å². The van der Waals surface area contributed by atoms with E-state index in [9.17, 15) is 0 Å². The molecule has 1 aliphatic rings. The summed E-state index contributed by atoms with van der Waals surface area (Å²) in [6, 6.07) is 0. The lowest BCUT2D eigenvalue weighted by Crippen LogP contribution is -2.04. The minimum atomic E-state index is 0.198. The number of aromatic nitrogens is 2. The maximum absolute atomic E-state index is 8.98. The lowest BCUT2D eigenvalue weighted by Gasteiger charge is -2.09. The fraction of sp³-hybridized carbons (Fsp3) is 0.600. The van der Waals surface area contributed by atoms with Crippen LogP contribution in [-0.2, 0) is 12.8 Å². The molecule has 1 aromatic heterocycles. The third kappa shape index (κ3) is 1.91. The van der Waals surface area contributed by atoms with Gasteiger partial charge < -0.3 is 5.11 Å². The maximum atomic E-state index is 8.98. The summed E-state index contributed by atoms with van der Waals surface area (Å²) >= 11 is 1.65. The van der Waals surface area contributed by atoms with E-state index in [4.69, 9.17) is 5.11 Å². The molecular weight excluding hydrogens is 196 g/mol. The first kappa shape index (κ1) is 9.93. The number of rotatable bonds is 3. The molecule has 0 saturated carbocycles. The Morgan fingerprint density at radius 3 is 3.14 bits per heavy atom. The zero-order valence-electron chi connectivity index (χ0n) is 8.23. The van der Waals surface area contributed by atoms with Crippen LogP contribution in [0.5, 0.6) is 0 Å². The van der Waals surface area contributed by atoms with Gasteiger partial charge in [-0.3, -0.25) is 0 Å². The van der Waals surface area contributed by atoms with Crippen LogP contribution in [-0.4, -0.2) is 26.9 Å². The Balaban J connectivity index is 2.22. The molecule has 0 fully saturated rings. The topological polar surface area (TPSA) is 46.0 Å². The van der Waals surface area contributed by atoms with E-state index in [1.165, 1.54) is 17.7 Å². The van der Waals surface area contributed by atoms with Crippen molar-refractivity contribution in [1.82, 2.24) is 9.97 Å². The van der Waals surface area contributed by atoms with Crippen LogP contribution in [0.2, 0.25) is 0 Å². The van der Waals surface area contributed by atoms with Gasteiger partial charge in [-0.2, -0.15) is 0 Å². The largest absolute Gasteiger partial charge is 0.395 e. The number of thioether (sulfide) groups is 1. The highest BCUT2D eigenvalue weighted by molar-refractivity contribution is 7.99. The summed E-state index contributed by atoms with van der Waals surface area (Å²) in [5, 5.41) is 10.3. The van der Waals surface area contributed by atoms with Crippen molar-refractivity contribution >= 4 is 11.8 Å². The average molecular weight is 210 g/mol. The van der Waals surface area contributed by atoms with Crippen molar-refractivity contribution in [2.75, 3.05) is 6.61 Å². The smallest absolute Gasteiger partial charge is 0.116 e. The summed E-state index contributed by atoms with van der Waals surface area (Å²) in [5.41, 5.74) is 2.51. The normalized spacial score (nSPS) is 16.7.